The summed E-state index contributed by atoms with van der Waals surface area (Å²) in [4.78, 5) is 0. The summed E-state index contributed by atoms with van der Waals surface area (Å²) in [5.41, 5.74) is 5.85. The van der Waals surface area contributed by atoms with Gasteiger partial charge < -0.3 is 5.73 Å². The zero-order valence-corrected chi connectivity index (χ0v) is 11.1. The van der Waals surface area contributed by atoms with Gasteiger partial charge >= 0.3 is 0 Å². The lowest BCUT2D eigenvalue weighted by molar-refractivity contribution is 0.367. The van der Waals surface area contributed by atoms with Crippen molar-refractivity contribution in [2.75, 3.05) is 0 Å². The van der Waals surface area contributed by atoms with Crippen molar-refractivity contribution in [3.05, 3.63) is 70.0 Å². The van der Waals surface area contributed by atoms with Crippen LogP contribution in [0.25, 0.3) is 0 Å². The van der Waals surface area contributed by atoms with Gasteiger partial charge in [0.05, 0.1) is 11.6 Å². The van der Waals surface area contributed by atoms with Crippen molar-refractivity contribution in [1.82, 2.24) is 0 Å². The van der Waals surface area contributed by atoms with Crippen molar-refractivity contribution >= 4 is 0 Å². The molecule has 0 fully saturated rings. The molecule has 0 amide bonds. The van der Waals surface area contributed by atoms with Gasteiger partial charge in [0, 0.05) is 0 Å². The molecule has 0 spiro atoms. The van der Waals surface area contributed by atoms with Crippen molar-refractivity contribution in [2.24, 2.45) is 5.73 Å². The number of hydrogen-bond acceptors (Lipinski definition) is 1. The molecular weight excluding hydrogens is 289 g/mol. The smallest absolute Gasteiger partial charge is 0.200 e. The quantitative estimate of drug-likeness (QED) is 0.518. The molecule has 2 aromatic rings. The zero-order chi connectivity index (χ0) is 15.7. The van der Waals surface area contributed by atoms with E-state index in [2.05, 4.69) is 0 Å². The van der Waals surface area contributed by atoms with Gasteiger partial charge in [0.2, 0.25) is 5.82 Å². The summed E-state index contributed by atoms with van der Waals surface area (Å²) >= 11 is 0. The van der Waals surface area contributed by atoms with Crippen molar-refractivity contribution in [3.63, 3.8) is 0 Å². The first-order valence-corrected chi connectivity index (χ1v) is 6.24. The molecule has 0 radical (unpaired) electrons. The Bertz CT molecular complexity index is 638. The minimum Gasteiger partial charge on any atom is -0.320 e. The third-order valence-electron chi connectivity index (χ3n) is 3.30. The molecule has 1 unspecified atom stereocenters. The first-order chi connectivity index (χ1) is 9.88. The Morgan fingerprint density at radius 3 is 1.67 bits per heavy atom. The van der Waals surface area contributed by atoms with E-state index in [4.69, 9.17) is 5.73 Å². The molecular formula is C15H12F5N. The average molecular weight is 301 g/mol. The maximum Gasteiger partial charge on any atom is 0.200 e. The highest BCUT2D eigenvalue weighted by Gasteiger charge is 2.29. The number of nitrogens with two attached hydrogens (primary N) is 1. The highest BCUT2D eigenvalue weighted by atomic mass is 19.2. The second-order valence-corrected chi connectivity index (χ2v) is 4.56. The molecule has 2 aromatic carbocycles. The van der Waals surface area contributed by atoms with E-state index in [9.17, 15) is 22.0 Å². The van der Waals surface area contributed by atoms with Crippen molar-refractivity contribution < 1.29 is 22.0 Å². The monoisotopic (exact) mass is 301 g/mol. The minimum atomic E-state index is -2.19. The van der Waals surface area contributed by atoms with E-state index in [1.165, 1.54) is 12.1 Å². The standard InChI is InChI=1S/C15H12F5N/c1-2-7-3-5-8(6-4-7)15(21)9-10(16)12(18)14(20)13(19)11(9)17/h3-6,15H,2,21H2,1H3. The van der Waals surface area contributed by atoms with Gasteiger partial charge in [-0.25, -0.2) is 22.0 Å². The molecule has 1 atom stereocenters. The Morgan fingerprint density at radius 2 is 1.24 bits per heavy atom. The Balaban J connectivity index is 2.55. The molecule has 2 N–H and O–H groups in total. The molecule has 0 heterocycles. The Kier molecular flexibility index (Phi) is 4.27. The largest absolute Gasteiger partial charge is 0.320 e. The van der Waals surface area contributed by atoms with Gasteiger partial charge in [-0.3, -0.25) is 0 Å². The van der Waals surface area contributed by atoms with Crippen LogP contribution in [-0.2, 0) is 6.42 Å². The Hall–Kier alpha value is -1.95. The molecule has 0 saturated carbocycles. The number of halogens is 5. The second-order valence-electron chi connectivity index (χ2n) is 4.56. The van der Waals surface area contributed by atoms with Crippen molar-refractivity contribution in [3.8, 4) is 0 Å². The van der Waals surface area contributed by atoms with Crippen LogP contribution in [0.3, 0.4) is 0 Å². The normalized spacial score (nSPS) is 12.5. The molecule has 0 aliphatic rings. The van der Waals surface area contributed by atoms with Gasteiger partial charge in [0.25, 0.3) is 0 Å². The van der Waals surface area contributed by atoms with E-state index in [1.54, 1.807) is 12.1 Å². The highest BCUT2D eigenvalue weighted by molar-refractivity contribution is 5.36. The third kappa shape index (κ3) is 2.63. The summed E-state index contributed by atoms with van der Waals surface area (Å²) in [5, 5.41) is 0. The summed E-state index contributed by atoms with van der Waals surface area (Å²) < 4.78 is 66.7. The molecule has 0 saturated heterocycles. The van der Waals surface area contributed by atoms with Gasteiger partial charge in [-0.2, -0.15) is 0 Å². The van der Waals surface area contributed by atoms with Crippen LogP contribution in [0.2, 0.25) is 0 Å². The van der Waals surface area contributed by atoms with Crippen molar-refractivity contribution in [1.29, 1.82) is 0 Å². The summed E-state index contributed by atoms with van der Waals surface area (Å²) in [7, 11) is 0. The van der Waals surface area contributed by atoms with Gasteiger partial charge in [0.15, 0.2) is 23.3 Å². The predicted molar refractivity (Wildman–Crippen MR) is 68.1 cm³/mol. The molecule has 0 aliphatic heterocycles. The van der Waals surface area contributed by atoms with Crippen molar-refractivity contribution in [2.45, 2.75) is 19.4 Å². The van der Waals surface area contributed by atoms with Crippen LogP contribution >= 0.6 is 0 Å². The zero-order valence-electron chi connectivity index (χ0n) is 11.1. The number of hydrogen-bond donors (Lipinski definition) is 1. The molecule has 0 bridgehead atoms. The van der Waals surface area contributed by atoms with Gasteiger partial charge in [-0.1, -0.05) is 31.2 Å². The number of aryl methyl sites for hydroxylation is 1. The average Bonchev–Trinajstić information content (AvgIpc) is 2.51. The second kappa shape index (κ2) is 5.81. The van der Waals surface area contributed by atoms with Crippen LogP contribution in [0.15, 0.2) is 24.3 Å². The maximum atomic E-state index is 13.7. The third-order valence-corrected chi connectivity index (χ3v) is 3.30. The molecule has 0 aliphatic carbocycles. The SMILES string of the molecule is CCc1ccc(C(N)c2c(F)c(F)c(F)c(F)c2F)cc1. The Morgan fingerprint density at radius 1 is 0.810 bits per heavy atom. The first-order valence-electron chi connectivity index (χ1n) is 6.24. The van der Waals surface area contributed by atoms with E-state index in [0.29, 0.717) is 0 Å². The van der Waals surface area contributed by atoms with Gasteiger partial charge in [-0.15, -0.1) is 0 Å². The summed E-state index contributed by atoms with van der Waals surface area (Å²) in [6, 6.07) is 4.92. The lowest BCUT2D eigenvalue weighted by atomic mass is 9.96. The summed E-state index contributed by atoms with van der Waals surface area (Å²) in [6.07, 6.45) is 0.748. The van der Waals surface area contributed by atoms with Crippen LogP contribution in [0.1, 0.15) is 29.7 Å². The van der Waals surface area contributed by atoms with Crippen LogP contribution in [0.5, 0.6) is 0 Å². The summed E-state index contributed by atoms with van der Waals surface area (Å²) in [6.45, 7) is 1.92. The fourth-order valence-corrected chi connectivity index (χ4v) is 2.02. The molecule has 0 aromatic heterocycles. The van der Waals surface area contributed by atoms with E-state index in [0.717, 1.165) is 12.0 Å². The topological polar surface area (TPSA) is 26.0 Å². The predicted octanol–water partition coefficient (Wildman–Crippen LogP) is 3.99. The molecule has 112 valence electrons. The van der Waals surface area contributed by atoms with E-state index >= 15 is 0 Å². The first kappa shape index (κ1) is 15.4. The lowest BCUT2D eigenvalue weighted by Gasteiger charge is -2.16. The Labute approximate surface area is 118 Å². The van der Waals surface area contributed by atoms with Crippen LogP contribution in [-0.4, -0.2) is 0 Å². The number of benzene rings is 2. The van der Waals surface area contributed by atoms with Crippen LogP contribution < -0.4 is 5.73 Å². The van der Waals surface area contributed by atoms with Gasteiger partial charge in [-0.05, 0) is 17.5 Å². The molecule has 2 rings (SSSR count). The lowest BCUT2D eigenvalue weighted by Crippen LogP contribution is -2.19. The molecule has 21 heavy (non-hydrogen) atoms. The maximum absolute atomic E-state index is 13.7. The molecule has 1 nitrogen and oxygen atoms in total. The minimum absolute atomic E-state index is 0.260. The number of rotatable bonds is 3. The van der Waals surface area contributed by atoms with E-state index in [1.807, 2.05) is 6.92 Å². The van der Waals surface area contributed by atoms with Crippen LogP contribution in [0, 0.1) is 29.1 Å². The summed E-state index contributed by atoms with van der Waals surface area (Å²) in [5.74, 6) is -9.99. The fourth-order valence-electron chi connectivity index (χ4n) is 2.02. The fraction of sp³-hybridized carbons (Fsp3) is 0.200. The molecule has 6 heteroatoms. The highest BCUT2D eigenvalue weighted by Crippen LogP contribution is 2.30. The van der Waals surface area contributed by atoms with E-state index in [-0.39, 0.29) is 5.56 Å². The van der Waals surface area contributed by atoms with E-state index < -0.39 is 40.7 Å². The van der Waals surface area contributed by atoms with Gasteiger partial charge in [0.1, 0.15) is 0 Å². The van der Waals surface area contributed by atoms with Crippen LogP contribution in [0.4, 0.5) is 22.0 Å².